The molecule has 2 aromatic rings. The van der Waals surface area contributed by atoms with Crippen LogP contribution in [0.3, 0.4) is 0 Å². The first-order valence-electron chi connectivity index (χ1n) is 8.60. The molecule has 0 aliphatic heterocycles. The van der Waals surface area contributed by atoms with Gasteiger partial charge in [-0.3, -0.25) is 14.8 Å². The molecule has 0 fully saturated rings. The van der Waals surface area contributed by atoms with Gasteiger partial charge in [0.15, 0.2) is 0 Å². The number of hydrogen-bond acceptors (Lipinski definition) is 4. The Balaban J connectivity index is 2.07. The summed E-state index contributed by atoms with van der Waals surface area (Å²) in [5.74, 6) is 0.548. The topological polar surface area (TPSA) is 87.7 Å². The molecule has 0 radical (unpaired) electrons. The Kier molecular flexibility index (Phi) is 6.74. The normalized spacial score (nSPS) is 10.9. The molecule has 0 aromatic heterocycles. The Morgan fingerprint density at radius 2 is 1.54 bits per heavy atom. The van der Waals surface area contributed by atoms with Crippen LogP contribution in [0.4, 0.5) is 0 Å². The van der Waals surface area contributed by atoms with Gasteiger partial charge in [0.2, 0.25) is 5.91 Å². The van der Waals surface area contributed by atoms with Gasteiger partial charge < -0.3 is 10.1 Å². The molecule has 0 spiro atoms. The third-order valence-electron chi connectivity index (χ3n) is 4.45. The maximum atomic E-state index is 12.6. The minimum absolute atomic E-state index is 0.0114. The van der Waals surface area contributed by atoms with Crippen LogP contribution in [-0.4, -0.2) is 22.6 Å². The average molecular weight is 356 g/mol. The van der Waals surface area contributed by atoms with Crippen molar-refractivity contribution in [2.75, 3.05) is 0 Å². The molecular formula is C20H24N2O4. The van der Waals surface area contributed by atoms with E-state index >= 15 is 0 Å². The van der Waals surface area contributed by atoms with Crippen molar-refractivity contribution in [1.29, 1.82) is 0 Å². The molecule has 2 rings (SSSR count). The molecule has 0 aliphatic rings. The van der Waals surface area contributed by atoms with Gasteiger partial charge >= 0.3 is 0 Å². The maximum Gasteiger partial charge on any atom is 0.251 e. The lowest BCUT2D eigenvalue weighted by atomic mass is 9.88. The number of hydroxylamine groups is 1. The Hall–Kier alpha value is -2.86. The summed E-state index contributed by atoms with van der Waals surface area (Å²) in [6.45, 7) is 3.79. The van der Waals surface area contributed by atoms with Gasteiger partial charge in [-0.25, -0.2) is 5.48 Å². The van der Waals surface area contributed by atoms with Crippen LogP contribution in [0.5, 0.6) is 11.5 Å². The van der Waals surface area contributed by atoms with E-state index in [9.17, 15) is 9.59 Å². The van der Waals surface area contributed by atoms with Crippen molar-refractivity contribution in [1.82, 2.24) is 10.8 Å². The lowest BCUT2D eigenvalue weighted by Crippen LogP contribution is -2.50. The molecule has 0 aliphatic carbocycles. The van der Waals surface area contributed by atoms with Crippen molar-refractivity contribution in [3.63, 3.8) is 0 Å². The molecule has 3 N–H and O–H groups in total. The van der Waals surface area contributed by atoms with E-state index in [1.54, 1.807) is 29.7 Å². The first-order chi connectivity index (χ1) is 12.5. The highest BCUT2D eigenvalue weighted by Crippen LogP contribution is 2.23. The van der Waals surface area contributed by atoms with Gasteiger partial charge in [-0.05, 0) is 49.2 Å². The van der Waals surface area contributed by atoms with E-state index in [0.717, 1.165) is 5.75 Å². The van der Waals surface area contributed by atoms with E-state index in [1.165, 1.54) is 0 Å². The van der Waals surface area contributed by atoms with Gasteiger partial charge in [0.1, 0.15) is 11.5 Å². The second kappa shape index (κ2) is 9.01. The summed E-state index contributed by atoms with van der Waals surface area (Å²) in [5.41, 5.74) is 1.39. The number of amides is 2. The van der Waals surface area contributed by atoms with Crippen LogP contribution in [0.1, 0.15) is 43.5 Å². The third-order valence-corrected chi connectivity index (χ3v) is 4.45. The van der Waals surface area contributed by atoms with Gasteiger partial charge in [0.25, 0.3) is 5.91 Å². The standard InChI is InChI=1S/C20H24N2O4/c1-3-20(4-2,14-18(23)22-25)21-19(24)15-10-12-17(13-11-15)26-16-8-6-5-7-9-16/h5-13,25H,3-4,14H2,1-2H3,(H,21,24)(H,22,23). The zero-order chi connectivity index (χ0) is 19.0. The highest BCUT2D eigenvalue weighted by Gasteiger charge is 2.31. The smallest absolute Gasteiger partial charge is 0.251 e. The summed E-state index contributed by atoms with van der Waals surface area (Å²) in [5, 5.41) is 11.7. The number of carbonyl (C=O) groups is 2. The fourth-order valence-electron chi connectivity index (χ4n) is 2.68. The fourth-order valence-corrected chi connectivity index (χ4v) is 2.68. The number of ether oxygens (including phenoxy) is 1. The van der Waals surface area contributed by atoms with Crippen molar-refractivity contribution in [3.8, 4) is 11.5 Å². The minimum atomic E-state index is -0.705. The predicted octanol–water partition coefficient (Wildman–Crippen LogP) is 3.66. The number of hydrogen-bond donors (Lipinski definition) is 3. The second-order valence-electron chi connectivity index (χ2n) is 6.09. The monoisotopic (exact) mass is 356 g/mol. The van der Waals surface area contributed by atoms with Crippen molar-refractivity contribution in [2.45, 2.75) is 38.6 Å². The van der Waals surface area contributed by atoms with Crippen LogP contribution in [-0.2, 0) is 4.79 Å². The summed E-state index contributed by atoms with van der Waals surface area (Å²) >= 11 is 0. The van der Waals surface area contributed by atoms with Crippen molar-refractivity contribution < 1.29 is 19.5 Å². The molecule has 6 heteroatoms. The van der Waals surface area contributed by atoms with Crippen LogP contribution >= 0.6 is 0 Å². The Morgan fingerprint density at radius 3 is 2.08 bits per heavy atom. The lowest BCUT2D eigenvalue weighted by Gasteiger charge is -2.32. The largest absolute Gasteiger partial charge is 0.457 e. The number of rotatable bonds is 8. The average Bonchev–Trinajstić information content (AvgIpc) is 2.68. The molecule has 0 unspecified atom stereocenters. The van der Waals surface area contributed by atoms with Gasteiger partial charge in [0, 0.05) is 11.1 Å². The van der Waals surface area contributed by atoms with Crippen molar-refractivity contribution in [3.05, 3.63) is 60.2 Å². The van der Waals surface area contributed by atoms with Crippen molar-refractivity contribution >= 4 is 11.8 Å². The molecular weight excluding hydrogens is 332 g/mol. The van der Waals surface area contributed by atoms with E-state index in [0.29, 0.717) is 24.2 Å². The molecule has 26 heavy (non-hydrogen) atoms. The van der Waals surface area contributed by atoms with Gasteiger partial charge in [0.05, 0.1) is 6.42 Å². The van der Waals surface area contributed by atoms with E-state index in [4.69, 9.17) is 9.94 Å². The fraction of sp³-hybridized carbons (Fsp3) is 0.300. The van der Waals surface area contributed by atoms with Crippen LogP contribution in [0.25, 0.3) is 0 Å². The van der Waals surface area contributed by atoms with E-state index < -0.39 is 11.4 Å². The maximum absolute atomic E-state index is 12.6. The molecule has 0 bridgehead atoms. The predicted molar refractivity (Wildman–Crippen MR) is 98.3 cm³/mol. The van der Waals surface area contributed by atoms with Gasteiger partial charge in [-0.2, -0.15) is 0 Å². The summed E-state index contributed by atoms with van der Waals surface area (Å²) in [6, 6.07) is 16.2. The summed E-state index contributed by atoms with van der Waals surface area (Å²) in [4.78, 5) is 24.1. The number of nitrogens with one attached hydrogen (secondary N) is 2. The lowest BCUT2D eigenvalue weighted by molar-refractivity contribution is -0.130. The molecule has 138 valence electrons. The quantitative estimate of drug-likeness (QED) is 0.497. The van der Waals surface area contributed by atoms with Crippen molar-refractivity contribution in [2.24, 2.45) is 0 Å². The second-order valence-corrected chi connectivity index (χ2v) is 6.09. The zero-order valence-electron chi connectivity index (χ0n) is 15.0. The van der Waals surface area contributed by atoms with Gasteiger partial charge in [-0.15, -0.1) is 0 Å². The highest BCUT2D eigenvalue weighted by atomic mass is 16.5. The SMILES string of the molecule is CCC(CC)(CC(=O)NO)NC(=O)c1ccc(Oc2ccccc2)cc1. The van der Waals surface area contributed by atoms with Gasteiger partial charge in [-0.1, -0.05) is 32.0 Å². The van der Waals surface area contributed by atoms with E-state index in [-0.39, 0.29) is 12.3 Å². The number of benzene rings is 2. The molecule has 2 amide bonds. The molecule has 0 atom stereocenters. The van der Waals surface area contributed by atoms with E-state index in [2.05, 4.69) is 5.32 Å². The molecule has 2 aromatic carbocycles. The Morgan fingerprint density at radius 1 is 0.962 bits per heavy atom. The number of carbonyl (C=O) groups excluding carboxylic acids is 2. The molecule has 0 saturated carbocycles. The minimum Gasteiger partial charge on any atom is -0.457 e. The Labute approximate surface area is 153 Å². The summed E-state index contributed by atoms with van der Waals surface area (Å²) in [7, 11) is 0. The molecule has 0 saturated heterocycles. The molecule has 6 nitrogen and oxygen atoms in total. The molecule has 0 heterocycles. The zero-order valence-corrected chi connectivity index (χ0v) is 15.0. The first-order valence-corrected chi connectivity index (χ1v) is 8.60. The highest BCUT2D eigenvalue weighted by molar-refractivity contribution is 5.95. The summed E-state index contributed by atoms with van der Waals surface area (Å²) < 4.78 is 5.71. The summed E-state index contributed by atoms with van der Waals surface area (Å²) in [6.07, 6.45) is 1.15. The van der Waals surface area contributed by atoms with Crippen LogP contribution in [0.2, 0.25) is 0 Å². The van der Waals surface area contributed by atoms with E-state index in [1.807, 2.05) is 44.2 Å². The first kappa shape index (κ1) is 19.5. The van der Waals surface area contributed by atoms with Crippen LogP contribution in [0.15, 0.2) is 54.6 Å². The number of para-hydroxylation sites is 1. The third kappa shape index (κ3) is 5.07. The van der Waals surface area contributed by atoms with Crippen LogP contribution < -0.4 is 15.5 Å². The Bertz CT molecular complexity index is 725. The van der Waals surface area contributed by atoms with Crippen LogP contribution in [0, 0.1) is 0 Å².